The molecule has 1 fully saturated rings. The van der Waals surface area contributed by atoms with Crippen molar-refractivity contribution in [3.63, 3.8) is 0 Å². The quantitative estimate of drug-likeness (QED) is 0.704. The van der Waals surface area contributed by atoms with Crippen LogP contribution in [0.1, 0.15) is 32.3 Å². The Bertz CT molecular complexity index is 1270. The second-order valence-electron chi connectivity index (χ2n) is 8.43. The Morgan fingerprint density at radius 1 is 1.29 bits per heavy atom. The van der Waals surface area contributed by atoms with Crippen LogP contribution >= 0.6 is 0 Å². The van der Waals surface area contributed by atoms with Crippen molar-refractivity contribution in [2.45, 2.75) is 49.3 Å². The van der Waals surface area contributed by atoms with Crippen LogP contribution in [0.3, 0.4) is 0 Å². The normalized spacial score (nSPS) is 19.6. The SMILES string of the molecule is CC1(C)Cc2cc(Nc3nn(CC4CC4)c4cc[nH]c(=O)c34)ccc2S1(=O)=O. The molecule has 3 heterocycles. The van der Waals surface area contributed by atoms with Gasteiger partial charge >= 0.3 is 0 Å². The van der Waals surface area contributed by atoms with E-state index in [0.29, 0.717) is 28.4 Å². The van der Waals surface area contributed by atoms with Gasteiger partial charge in [0.05, 0.1) is 15.2 Å². The average Bonchev–Trinajstić information content (AvgIpc) is 3.33. The van der Waals surface area contributed by atoms with E-state index in [1.54, 1.807) is 32.2 Å². The number of aromatic amines is 1. The van der Waals surface area contributed by atoms with Crippen molar-refractivity contribution >= 4 is 32.2 Å². The van der Waals surface area contributed by atoms with E-state index in [9.17, 15) is 13.2 Å². The third-order valence-corrected chi connectivity index (χ3v) is 8.34. The minimum absolute atomic E-state index is 0.188. The monoisotopic (exact) mass is 398 g/mol. The van der Waals surface area contributed by atoms with Crippen LogP contribution in [0.15, 0.2) is 40.2 Å². The van der Waals surface area contributed by atoms with E-state index < -0.39 is 14.6 Å². The van der Waals surface area contributed by atoms with Crippen molar-refractivity contribution in [1.29, 1.82) is 0 Å². The largest absolute Gasteiger partial charge is 0.338 e. The number of nitrogens with one attached hydrogen (secondary N) is 2. The topological polar surface area (TPSA) is 96.8 Å². The number of rotatable bonds is 4. The standard InChI is InChI=1S/C20H22N4O3S/c1-20(2)10-13-9-14(5-6-16(13)28(20,26)27)22-18-17-15(7-8-21-19(17)25)24(23-18)11-12-3-4-12/h5-9,12H,3-4,10-11H2,1-2H3,(H,21,25)(H,22,23). The molecule has 1 aromatic carbocycles. The highest BCUT2D eigenvalue weighted by atomic mass is 32.2. The molecule has 0 bridgehead atoms. The second kappa shape index (κ2) is 5.70. The van der Waals surface area contributed by atoms with E-state index in [-0.39, 0.29) is 5.56 Å². The smallest absolute Gasteiger partial charge is 0.261 e. The molecule has 2 aliphatic rings. The van der Waals surface area contributed by atoms with Crippen LogP contribution in [-0.2, 0) is 22.8 Å². The number of H-pyrrole nitrogens is 1. The summed E-state index contributed by atoms with van der Waals surface area (Å²) in [4.78, 5) is 15.5. The van der Waals surface area contributed by atoms with Gasteiger partial charge in [-0.1, -0.05) is 0 Å². The summed E-state index contributed by atoms with van der Waals surface area (Å²) < 4.78 is 26.3. The van der Waals surface area contributed by atoms with Crippen LogP contribution in [0, 0.1) is 5.92 Å². The average molecular weight is 398 g/mol. The molecule has 5 rings (SSSR count). The lowest BCUT2D eigenvalue weighted by Gasteiger charge is -2.15. The molecule has 0 atom stereocenters. The molecule has 1 aliphatic carbocycles. The molecule has 0 spiro atoms. The minimum atomic E-state index is -3.32. The van der Waals surface area contributed by atoms with Gasteiger partial charge in [0.1, 0.15) is 5.39 Å². The van der Waals surface area contributed by atoms with Crippen molar-refractivity contribution in [2.75, 3.05) is 5.32 Å². The third-order valence-electron chi connectivity index (χ3n) is 5.76. The molecule has 0 saturated heterocycles. The zero-order valence-corrected chi connectivity index (χ0v) is 16.6. The highest BCUT2D eigenvalue weighted by Gasteiger charge is 2.43. The Morgan fingerprint density at radius 3 is 2.82 bits per heavy atom. The number of pyridine rings is 1. The van der Waals surface area contributed by atoms with Gasteiger partial charge in [0, 0.05) is 18.4 Å². The molecular weight excluding hydrogens is 376 g/mol. The van der Waals surface area contributed by atoms with Gasteiger partial charge in [-0.25, -0.2) is 8.42 Å². The van der Waals surface area contributed by atoms with Crippen molar-refractivity contribution in [1.82, 2.24) is 14.8 Å². The van der Waals surface area contributed by atoms with Crippen molar-refractivity contribution in [3.8, 4) is 0 Å². The van der Waals surface area contributed by atoms with Gasteiger partial charge < -0.3 is 10.3 Å². The molecule has 8 heteroatoms. The van der Waals surface area contributed by atoms with Crippen LogP contribution in [0.5, 0.6) is 0 Å². The third kappa shape index (κ3) is 2.58. The molecule has 1 aliphatic heterocycles. The molecule has 28 heavy (non-hydrogen) atoms. The van der Waals surface area contributed by atoms with E-state index in [0.717, 1.165) is 23.3 Å². The first-order chi connectivity index (χ1) is 13.3. The Hall–Kier alpha value is -2.61. The summed E-state index contributed by atoms with van der Waals surface area (Å²) >= 11 is 0. The van der Waals surface area contributed by atoms with Crippen molar-refractivity contribution in [3.05, 3.63) is 46.4 Å². The highest BCUT2D eigenvalue weighted by Crippen LogP contribution is 2.40. The summed E-state index contributed by atoms with van der Waals surface area (Å²) in [6, 6.07) is 7.11. The maximum atomic E-state index is 12.6. The van der Waals surface area contributed by atoms with Crippen LogP contribution in [-0.4, -0.2) is 27.9 Å². The lowest BCUT2D eigenvalue weighted by atomic mass is 10.0. The Balaban J connectivity index is 1.56. The zero-order chi connectivity index (χ0) is 19.7. The van der Waals surface area contributed by atoms with Gasteiger partial charge in [-0.15, -0.1) is 0 Å². The molecule has 0 amide bonds. The fourth-order valence-corrected chi connectivity index (χ4v) is 5.62. The summed E-state index contributed by atoms with van der Waals surface area (Å²) in [6.45, 7) is 4.31. The van der Waals surface area contributed by atoms with Crippen LogP contribution < -0.4 is 10.9 Å². The Kier molecular flexibility index (Phi) is 3.56. The molecule has 7 nitrogen and oxygen atoms in total. The van der Waals surface area contributed by atoms with E-state index in [1.807, 2.05) is 16.8 Å². The fraction of sp³-hybridized carbons (Fsp3) is 0.400. The van der Waals surface area contributed by atoms with E-state index in [2.05, 4.69) is 15.4 Å². The van der Waals surface area contributed by atoms with Gasteiger partial charge in [-0.05, 0) is 68.9 Å². The second-order valence-corrected chi connectivity index (χ2v) is 11.0. The minimum Gasteiger partial charge on any atom is -0.338 e. The summed E-state index contributed by atoms with van der Waals surface area (Å²) in [6.07, 6.45) is 4.50. The van der Waals surface area contributed by atoms with Crippen LogP contribution in [0.2, 0.25) is 0 Å². The summed E-state index contributed by atoms with van der Waals surface area (Å²) in [5.74, 6) is 1.13. The van der Waals surface area contributed by atoms with Crippen LogP contribution in [0.4, 0.5) is 11.5 Å². The van der Waals surface area contributed by atoms with E-state index in [4.69, 9.17) is 0 Å². The Morgan fingerprint density at radius 2 is 2.07 bits per heavy atom. The molecule has 1 saturated carbocycles. The Labute approximate surface area is 162 Å². The van der Waals surface area contributed by atoms with E-state index in [1.165, 1.54) is 12.8 Å². The van der Waals surface area contributed by atoms with Gasteiger partial charge in [-0.2, -0.15) is 5.10 Å². The number of hydrogen-bond acceptors (Lipinski definition) is 5. The van der Waals surface area contributed by atoms with Gasteiger partial charge in [0.15, 0.2) is 15.7 Å². The molecule has 0 radical (unpaired) electrons. The lowest BCUT2D eigenvalue weighted by molar-refractivity contribution is 0.559. The molecule has 2 aromatic heterocycles. The van der Waals surface area contributed by atoms with Crippen molar-refractivity contribution in [2.24, 2.45) is 5.92 Å². The predicted octanol–water partition coefficient (Wildman–Crippen LogP) is 2.99. The highest BCUT2D eigenvalue weighted by molar-refractivity contribution is 7.93. The molecule has 3 aromatic rings. The predicted molar refractivity (Wildman–Crippen MR) is 108 cm³/mol. The molecule has 2 N–H and O–H groups in total. The van der Waals surface area contributed by atoms with Gasteiger partial charge in [0.25, 0.3) is 5.56 Å². The number of sulfone groups is 1. The number of hydrogen-bond donors (Lipinski definition) is 2. The van der Waals surface area contributed by atoms with Gasteiger partial charge in [-0.3, -0.25) is 9.48 Å². The number of aromatic nitrogens is 3. The number of anilines is 2. The van der Waals surface area contributed by atoms with Crippen molar-refractivity contribution < 1.29 is 8.42 Å². The first-order valence-corrected chi connectivity index (χ1v) is 11.0. The lowest BCUT2D eigenvalue weighted by Crippen LogP contribution is -2.27. The summed E-state index contributed by atoms with van der Waals surface area (Å²) in [5.41, 5.74) is 2.15. The molecular formula is C20H22N4O3S. The summed E-state index contributed by atoms with van der Waals surface area (Å²) in [7, 11) is -3.32. The number of fused-ring (bicyclic) bond motifs is 2. The van der Waals surface area contributed by atoms with Crippen LogP contribution in [0.25, 0.3) is 10.9 Å². The maximum absolute atomic E-state index is 12.6. The number of benzene rings is 1. The molecule has 146 valence electrons. The summed E-state index contributed by atoms with van der Waals surface area (Å²) in [5, 5.41) is 8.41. The van der Waals surface area contributed by atoms with Gasteiger partial charge in [0.2, 0.25) is 0 Å². The maximum Gasteiger partial charge on any atom is 0.261 e. The van der Waals surface area contributed by atoms with E-state index >= 15 is 0 Å². The fourth-order valence-electron chi connectivity index (χ4n) is 3.95. The zero-order valence-electron chi connectivity index (χ0n) is 15.8. The first kappa shape index (κ1) is 17.5. The first-order valence-electron chi connectivity index (χ1n) is 9.49. The molecule has 0 unspecified atom stereocenters. The number of nitrogens with zero attached hydrogens (tertiary/aromatic N) is 2.